The van der Waals surface area contributed by atoms with E-state index in [-0.39, 0.29) is 1.43 Å². The van der Waals surface area contributed by atoms with Gasteiger partial charge in [-0.2, -0.15) is 0 Å². The van der Waals surface area contributed by atoms with E-state index in [1.807, 2.05) is 0 Å². The Hall–Kier alpha value is -0.120. The third-order valence-corrected chi connectivity index (χ3v) is 1.78. The molecule has 3 heteroatoms. The molecule has 0 amide bonds. The molecule has 1 fully saturated rings. The molecule has 1 saturated heterocycles. The zero-order valence-electron chi connectivity index (χ0n) is 6.38. The standard InChI is InChI=1S/C7H16N2O.H2/c8-2-1-3-9-4-6-10-7-5-9;/h1-8H2;1H. The van der Waals surface area contributed by atoms with Gasteiger partial charge in [0.05, 0.1) is 13.2 Å². The third-order valence-electron chi connectivity index (χ3n) is 1.78. The normalized spacial score (nSPS) is 21.3. The van der Waals surface area contributed by atoms with Crippen molar-refractivity contribution in [1.82, 2.24) is 4.90 Å². The predicted molar refractivity (Wildman–Crippen MR) is 43.0 cm³/mol. The van der Waals surface area contributed by atoms with Crippen LogP contribution in [0.25, 0.3) is 0 Å². The molecule has 1 aliphatic rings. The van der Waals surface area contributed by atoms with Crippen LogP contribution in [0.2, 0.25) is 0 Å². The summed E-state index contributed by atoms with van der Waals surface area (Å²) in [6.45, 7) is 5.90. The summed E-state index contributed by atoms with van der Waals surface area (Å²) >= 11 is 0. The van der Waals surface area contributed by atoms with Crippen LogP contribution in [0.15, 0.2) is 0 Å². The van der Waals surface area contributed by atoms with Crippen molar-refractivity contribution >= 4 is 0 Å². The number of nitrogens with zero attached hydrogens (tertiary/aromatic N) is 1. The first-order valence-electron chi connectivity index (χ1n) is 3.93. The molecule has 0 unspecified atom stereocenters. The molecule has 2 N–H and O–H groups in total. The van der Waals surface area contributed by atoms with Crippen LogP contribution in [-0.4, -0.2) is 44.3 Å². The van der Waals surface area contributed by atoms with E-state index in [4.69, 9.17) is 10.5 Å². The molecule has 1 aliphatic heterocycles. The lowest BCUT2D eigenvalue weighted by molar-refractivity contribution is 0.0377. The number of hydrogen-bond acceptors (Lipinski definition) is 3. The Labute approximate surface area is 63.6 Å². The minimum atomic E-state index is 0. The smallest absolute Gasteiger partial charge is 0.0594 e. The van der Waals surface area contributed by atoms with Crippen LogP contribution in [0, 0.1) is 0 Å². The van der Waals surface area contributed by atoms with Crippen molar-refractivity contribution in [2.24, 2.45) is 5.73 Å². The van der Waals surface area contributed by atoms with Crippen LogP contribution in [0.1, 0.15) is 7.85 Å². The molecule has 10 heavy (non-hydrogen) atoms. The summed E-state index contributed by atoms with van der Waals surface area (Å²) in [5.41, 5.74) is 5.39. The van der Waals surface area contributed by atoms with Gasteiger partial charge in [0.25, 0.3) is 0 Å². The maximum Gasteiger partial charge on any atom is 0.0594 e. The molecule has 0 atom stereocenters. The third kappa shape index (κ3) is 2.64. The van der Waals surface area contributed by atoms with Crippen LogP contribution >= 0.6 is 0 Å². The first kappa shape index (κ1) is 7.98. The van der Waals surface area contributed by atoms with E-state index in [0.717, 1.165) is 45.8 Å². The van der Waals surface area contributed by atoms with Gasteiger partial charge in [0.1, 0.15) is 0 Å². The first-order valence-corrected chi connectivity index (χ1v) is 3.93. The lowest BCUT2D eigenvalue weighted by Gasteiger charge is -2.26. The molecule has 0 radical (unpaired) electrons. The van der Waals surface area contributed by atoms with Crippen LogP contribution in [0.4, 0.5) is 0 Å². The molecule has 0 aromatic heterocycles. The zero-order chi connectivity index (χ0) is 7.23. The van der Waals surface area contributed by atoms with Crippen molar-refractivity contribution in [3.05, 3.63) is 0 Å². The second-order valence-electron chi connectivity index (χ2n) is 2.60. The maximum atomic E-state index is 5.39. The fourth-order valence-electron chi connectivity index (χ4n) is 1.14. The Bertz CT molecular complexity index is 86.5. The van der Waals surface area contributed by atoms with Crippen molar-refractivity contribution in [2.45, 2.75) is 6.42 Å². The monoisotopic (exact) mass is 146 g/mol. The number of hydrogen-bond donors (Lipinski definition) is 1. The molecule has 62 valence electrons. The Balaban J connectivity index is 0.000001000. The fourth-order valence-corrected chi connectivity index (χ4v) is 1.14. The van der Waals surface area contributed by atoms with E-state index in [1.165, 1.54) is 0 Å². The van der Waals surface area contributed by atoms with Crippen molar-refractivity contribution in [1.29, 1.82) is 0 Å². The summed E-state index contributed by atoms with van der Waals surface area (Å²) < 4.78 is 5.21. The summed E-state index contributed by atoms with van der Waals surface area (Å²) in [4.78, 5) is 2.40. The Morgan fingerprint density at radius 2 is 2.10 bits per heavy atom. The van der Waals surface area contributed by atoms with E-state index in [0.29, 0.717) is 0 Å². The average Bonchev–Trinajstić information content (AvgIpc) is 2.03. The van der Waals surface area contributed by atoms with E-state index < -0.39 is 0 Å². The largest absolute Gasteiger partial charge is 0.379 e. The van der Waals surface area contributed by atoms with E-state index in [2.05, 4.69) is 4.90 Å². The fraction of sp³-hybridized carbons (Fsp3) is 1.00. The van der Waals surface area contributed by atoms with Gasteiger partial charge in [-0.1, -0.05) is 0 Å². The van der Waals surface area contributed by atoms with Crippen LogP contribution in [0.5, 0.6) is 0 Å². The molecule has 0 bridgehead atoms. The zero-order valence-corrected chi connectivity index (χ0v) is 6.38. The van der Waals surface area contributed by atoms with Gasteiger partial charge in [-0.15, -0.1) is 0 Å². The summed E-state index contributed by atoms with van der Waals surface area (Å²) in [5.74, 6) is 0. The van der Waals surface area contributed by atoms with Gasteiger partial charge in [-0.3, -0.25) is 4.90 Å². The van der Waals surface area contributed by atoms with Gasteiger partial charge >= 0.3 is 0 Å². The number of morpholine rings is 1. The molecule has 0 spiro atoms. The number of rotatable bonds is 3. The molecule has 3 nitrogen and oxygen atoms in total. The SMILES string of the molecule is NCCCN1CCOCC1.[HH]. The predicted octanol–water partition coefficient (Wildman–Crippen LogP) is -0.0866. The topological polar surface area (TPSA) is 38.5 Å². The quantitative estimate of drug-likeness (QED) is 0.605. The van der Waals surface area contributed by atoms with Crippen molar-refractivity contribution < 1.29 is 6.16 Å². The Kier molecular flexibility index (Phi) is 3.72. The highest BCUT2D eigenvalue weighted by atomic mass is 16.5. The molecule has 1 heterocycles. The summed E-state index contributed by atoms with van der Waals surface area (Å²) in [6, 6.07) is 0. The summed E-state index contributed by atoms with van der Waals surface area (Å²) in [6.07, 6.45) is 1.11. The molecular weight excluding hydrogens is 128 g/mol. The lowest BCUT2D eigenvalue weighted by atomic mass is 10.3. The van der Waals surface area contributed by atoms with Crippen LogP contribution < -0.4 is 5.73 Å². The minimum Gasteiger partial charge on any atom is -0.379 e. The molecule has 0 aliphatic carbocycles. The second kappa shape index (κ2) is 4.66. The van der Waals surface area contributed by atoms with Crippen LogP contribution in [-0.2, 0) is 4.74 Å². The van der Waals surface area contributed by atoms with Gasteiger partial charge in [0.2, 0.25) is 0 Å². The van der Waals surface area contributed by atoms with Gasteiger partial charge in [0, 0.05) is 14.5 Å². The summed E-state index contributed by atoms with van der Waals surface area (Å²) in [7, 11) is 0. The minimum absolute atomic E-state index is 0. The highest BCUT2D eigenvalue weighted by molar-refractivity contribution is 4.61. The number of nitrogens with two attached hydrogens (primary N) is 1. The van der Waals surface area contributed by atoms with Gasteiger partial charge < -0.3 is 10.5 Å². The molecule has 0 saturated carbocycles. The van der Waals surface area contributed by atoms with E-state index in [1.54, 1.807) is 0 Å². The van der Waals surface area contributed by atoms with Crippen molar-refractivity contribution in [3.63, 3.8) is 0 Å². The Morgan fingerprint density at radius 3 is 2.70 bits per heavy atom. The molecular formula is C7H18N2O. The number of ether oxygens (including phenoxy) is 1. The molecule has 1 rings (SSSR count). The van der Waals surface area contributed by atoms with Crippen molar-refractivity contribution in [2.75, 3.05) is 39.4 Å². The molecule has 0 aromatic rings. The van der Waals surface area contributed by atoms with Gasteiger partial charge in [-0.25, -0.2) is 0 Å². The highest BCUT2D eigenvalue weighted by Crippen LogP contribution is 1.96. The van der Waals surface area contributed by atoms with Gasteiger partial charge in [-0.05, 0) is 19.5 Å². The molecule has 0 aromatic carbocycles. The summed E-state index contributed by atoms with van der Waals surface area (Å²) in [5, 5.41) is 0. The van der Waals surface area contributed by atoms with E-state index in [9.17, 15) is 0 Å². The lowest BCUT2D eigenvalue weighted by Crippen LogP contribution is -2.37. The van der Waals surface area contributed by atoms with Gasteiger partial charge in [0.15, 0.2) is 0 Å². The highest BCUT2D eigenvalue weighted by Gasteiger charge is 2.07. The van der Waals surface area contributed by atoms with E-state index >= 15 is 0 Å². The van der Waals surface area contributed by atoms with Crippen LogP contribution in [0.3, 0.4) is 0 Å². The maximum absolute atomic E-state index is 5.39. The van der Waals surface area contributed by atoms with Crippen molar-refractivity contribution in [3.8, 4) is 0 Å². The average molecular weight is 146 g/mol. The Morgan fingerprint density at radius 1 is 1.40 bits per heavy atom. The first-order chi connectivity index (χ1) is 4.93. The second-order valence-corrected chi connectivity index (χ2v) is 2.60.